The average molecular weight is 445 g/mol. The van der Waals surface area contributed by atoms with Gasteiger partial charge in [0, 0.05) is 17.5 Å². The van der Waals surface area contributed by atoms with Crippen molar-refractivity contribution in [2.75, 3.05) is 18.5 Å². The van der Waals surface area contributed by atoms with Crippen molar-refractivity contribution in [3.8, 4) is 5.75 Å². The van der Waals surface area contributed by atoms with Gasteiger partial charge in [-0.25, -0.2) is 18.7 Å². The summed E-state index contributed by atoms with van der Waals surface area (Å²) < 4.78 is 32.1. The smallest absolute Gasteiger partial charge is 0.261 e. The number of aromatic nitrogens is 2. The van der Waals surface area contributed by atoms with E-state index in [-0.39, 0.29) is 24.3 Å². The predicted molar refractivity (Wildman–Crippen MR) is 115 cm³/mol. The first-order chi connectivity index (χ1) is 14.9. The van der Waals surface area contributed by atoms with Gasteiger partial charge < -0.3 is 15.0 Å². The number of amides is 1. The normalized spacial score (nSPS) is 15.9. The van der Waals surface area contributed by atoms with Crippen LogP contribution in [0.25, 0.3) is 0 Å². The zero-order chi connectivity index (χ0) is 22.0. The molecule has 1 aliphatic heterocycles. The van der Waals surface area contributed by atoms with Crippen LogP contribution in [0.15, 0.2) is 36.4 Å². The highest BCUT2D eigenvalue weighted by atomic mass is 32.1. The van der Waals surface area contributed by atoms with E-state index in [1.807, 2.05) is 32.0 Å². The van der Waals surface area contributed by atoms with Gasteiger partial charge in [0.1, 0.15) is 11.6 Å². The lowest BCUT2D eigenvalue weighted by atomic mass is 10.1. The summed E-state index contributed by atoms with van der Waals surface area (Å²) in [6.45, 7) is 4.23. The largest absolute Gasteiger partial charge is 0.481 e. The van der Waals surface area contributed by atoms with Crippen LogP contribution in [0.2, 0.25) is 0 Å². The third-order valence-electron chi connectivity index (χ3n) is 5.19. The molecule has 4 rings (SSSR count). The van der Waals surface area contributed by atoms with Crippen molar-refractivity contribution in [1.82, 2.24) is 14.9 Å². The predicted octanol–water partition coefficient (Wildman–Crippen LogP) is 4.92. The molecule has 0 unspecified atom stereocenters. The molecule has 0 radical (unpaired) electrons. The van der Waals surface area contributed by atoms with Crippen LogP contribution in [0.3, 0.4) is 0 Å². The molecule has 1 atom stereocenters. The highest BCUT2D eigenvalue weighted by molar-refractivity contribution is 7.15. The van der Waals surface area contributed by atoms with E-state index in [2.05, 4.69) is 15.3 Å². The molecule has 3 aromatic rings. The number of ether oxygens (including phenoxy) is 1. The van der Waals surface area contributed by atoms with E-state index >= 15 is 0 Å². The van der Waals surface area contributed by atoms with Gasteiger partial charge in [-0.05, 0) is 51.0 Å². The number of nitrogens with zero attached hydrogens (tertiary/aromatic N) is 3. The van der Waals surface area contributed by atoms with Crippen LogP contribution in [-0.2, 0) is 4.79 Å². The Morgan fingerprint density at radius 1 is 1.26 bits per heavy atom. The van der Waals surface area contributed by atoms with E-state index < -0.39 is 11.6 Å². The lowest BCUT2D eigenvalue weighted by Crippen LogP contribution is -2.34. The molecule has 0 aliphatic carbocycles. The van der Waals surface area contributed by atoms with Crippen molar-refractivity contribution in [3.05, 3.63) is 64.3 Å². The minimum atomic E-state index is -0.834. The highest BCUT2D eigenvalue weighted by Crippen LogP contribution is 2.32. The molecule has 1 aromatic carbocycles. The van der Waals surface area contributed by atoms with E-state index in [0.29, 0.717) is 12.4 Å². The number of carbonyl (C=O) groups excluding carboxylic acids is 1. The molecule has 1 aliphatic rings. The molecule has 1 N–H and O–H groups in total. The number of rotatable bonds is 6. The maximum absolute atomic E-state index is 13.8. The molecule has 3 heterocycles. The summed E-state index contributed by atoms with van der Waals surface area (Å²) in [5.74, 6) is -1.28. The van der Waals surface area contributed by atoms with Crippen LogP contribution in [0.5, 0.6) is 5.75 Å². The molecule has 31 heavy (non-hydrogen) atoms. The summed E-state index contributed by atoms with van der Waals surface area (Å²) in [4.78, 5) is 24.7. The molecule has 2 aromatic heterocycles. The molecule has 0 bridgehead atoms. The molecule has 9 heteroatoms. The maximum atomic E-state index is 13.8. The Hall–Kier alpha value is -3.07. The third kappa shape index (κ3) is 4.82. The zero-order valence-corrected chi connectivity index (χ0v) is 18.0. The lowest BCUT2D eigenvalue weighted by Gasteiger charge is -2.24. The summed E-state index contributed by atoms with van der Waals surface area (Å²) in [5, 5.41) is 4.00. The van der Waals surface area contributed by atoms with Crippen LogP contribution in [0.4, 0.5) is 19.7 Å². The number of nitrogens with one attached hydrogen (secondary N) is 1. The molecule has 0 spiro atoms. The second-order valence-corrected chi connectivity index (χ2v) is 8.55. The Labute approximate surface area is 182 Å². The molecule has 6 nitrogen and oxygen atoms in total. The number of benzene rings is 1. The van der Waals surface area contributed by atoms with Gasteiger partial charge in [0.25, 0.3) is 5.91 Å². The highest BCUT2D eigenvalue weighted by Gasteiger charge is 2.31. The third-order valence-corrected chi connectivity index (χ3v) is 6.18. The summed E-state index contributed by atoms with van der Waals surface area (Å²) in [5.41, 5.74) is 1.75. The molecular weight excluding hydrogens is 422 g/mol. The fourth-order valence-electron chi connectivity index (χ4n) is 3.53. The molecule has 1 fully saturated rings. The summed E-state index contributed by atoms with van der Waals surface area (Å²) in [6, 6.07) is 8.45. The van der Waals surface area contributed by atoms with Gasteiger partial charge >= 0.3 is 0 Å². The van der Waals surface area contributed by atoms with Gasteiger partial charge in [-0.1, -0.05) is 6.07 Å². The fourth-order valence-corrected chi connectivity index (χ4v) is 4.35. The molecular formula is C22H22F2N4O2S. The number of thiazole rings is 1. The van der Waals surface area contributed by atoms with E-state index in [0.717, 1.165) is 46.4 Å². The monoisotopic (exact) mass is 444 g/mol. The second kappa shape index (κ2) is 8.97. The standard InChI is InChI=1S/C22H22F2N4O2S/c1-13-14(2)31-22(25-13)27-20-7-3-5-17(26-20)18-6-4-10-28(18)21(29)12-30-19-9-8-15(23)11-16(19)24/h3,5,7-9,11,18H,4,6,10,12H2,1-2H3,(H,25,26,27)/t18-/m1/s1. The van der Waals surface area contributed by atoms with Crippen molar-refractivity contribution >= 4 is 28.2 Å². The fraction of sp³-hybridized carbons (Fsp3) is 0.318. The van der Waals surface area contributed by atoms with E-state index in [9.17, 15) is 13.6 Å². The molecule has 162 valence electrons. The summed E-state index contributed by atoms with van der Waals surface area (Å²) in [6.07, 6.45) is 1.62. The van der Waals surface area contributed by atoms with Crippen LogP contribution in [0, 0.1) is 25.5 Å². The maximum Gasteiger partial charge on any atom is 0.261 e. The minimum Gasteiger partial charge on any atom is -0.481 e. The topological polar surface area (TPSA) is 67.4 Å². The van der Waals surface area contributed by atoms with Crippen molar-refractivity contribution in [3.63, 3.8) is 0 Å². The summed E-state index contributed by atoms with van der Waals surface area (Å²) in [7, 11) is 0. The van der Waals surface area contributed by atoms with Crippen molar-refractivity contribution in [1.29, 1.82) is 0 Å². The molecule has 0 saturated carbocycles. The second-order valence-electron chi connectivity index (χ2n) is 7.34. The van der Waals surface area contributed by atoms with Gasteiger partial charge in [0.2, 0.25) is 0 Å². The Balaban J connectivity index is 1.44. The van der Waals surface area contributed by atoms with Crippen LogP contribution < -0.4 is 10.1 Å². The van der Waals surface area contributed by atoms with Crippen molar-refractivity contribution < 1.29 is 18.3 Å². The van der Waals surface area contributed by atoms with Crippen molar-refractivity contribution in [2.24, 2.45) is 0 Å². The van der Waals surface area contributed by atoms with Gasteiger partial charge in [-0.2, -0.15) is 0 Å². The first kappa shape index (κ1) is 21.2. The minimum absolute atomic E-state index is 0.149. The Morgan fingerprint density at radius 2 is 2.10 bits per heavy atom. The first-order valence-electron chi connectivity index (χ1n) is 9.96. The number of aryl methyl sites for hydroxylation is 2. The quantitative estimate of drug-likeness (QED) is 0.585. The Kier molecular flexibility index (Phi) is 6.13. The first-order valence-corrected chi connectivity index (χ1v) is 10.8. The number of halogens is 2. The number of likely N-dealkylation sites (tertiary alicyclic amines) is 1. The Morgan fingerprint density at radius 3 is 2.84 bits per heavy atom. The van der Waals surface area contributed by atoms with Gasteiger partial charge in [-0.15, -0.1) is 11.3 Å². The number of hydrogen-bond acceptors (Lipinski definition) is 6. The van der Waals surface area contributed by atoms with E-state index in [1.54, 1.807) is 16.2 Å². The number of carbonyl (C=O) groups is 1. The van der Waals surface area contributed by atoms with Crippen LogP contribution >= 0.6 is 11.3 Å². The average Bonchev–Trinajstić information content (AvgIpc) is 3.34. The van der Waals surface area contributed by atoms with Gasteiger partial charge in [0.15, 0.2) is 23.3 Å². The number of pyridine rings is 1. The Bertz CT molecular complexity index is 1090. The zero-order valence-electron chi connectivity index (χ0n) is 17.2. The lowest BCUT2D eigenvalue weighted by molar-refractivity contribution is -0.134. The van der Waals surface area contributed by atoms with Gasteiger partial charge in [0.05, 0.1) is 17.4 Å². The number of anilines is 2. The van der Waals surface area contributed by atoms with Crippen molar-refractivity contribution in [2.45, 2.75) is 32.7 Å². The molecule has 1 saturated heterocycles. The summed E-state index contributed by atoms with van der Waals surface area (Å²) >= 11 is 1.56. The van der Waals surface area contributed by atoms with Crippen LogP contribution in [0.1, 0.15) is 35.1 Å². The van der Waals surface area contributed by atoms with E-state index in [4.69, 9.17) is 4.74 Å². The van der Waals surface area contributed by atoms with E-state index in [1.165, 1.54) is 6.07 Å². The van der Waals surface area contributed by atoms with Gasteiger partial charge in [-0.3, -0.25) is 4.79 Å². The SMILES string of the molecule is Cc1nc(Nc2cccc([C@H]3CCCN3C(=O)COc3ccc(F)cc3F)n2)sc1C. The molecule has 1 amide bonds. The number of hydrogen-bond donors (Lipinski definition) is 1. The van der Waals surface area contributed by atoms with Crippen LogP contribution in [-0.4, -0.2) is 33.9 Å².